The molecular weight excluding hydrogens is 482 g/mol. The number of anilines is 1. The SMILES string of the molecule is CCOc1cc(C2/C(=C(/O)c3ccc(Cl)c(OC)c3)C(=O)C(=O)N2c2cccc(C)c2)ccc1OC. The number of ether oxygens (including phenoxy) is 3. The molecule has 8 heteroatoms. The van der Waals surface area contributed by atoms with Gasteiger partial charge in [-0.05, 0) is 67.4 Å². The normalized spacial score (nSPS) is 16.8. The molecule has 0 aliphatic carbocycles. The first-order chi connectivity index (χ1) is 17.3. The summed E-state index contributed by atoms with van der Waals surface area (Å²) in [6.45, 7) is 4.14. The average Bonchev–Trinajstić information content (AvgIpc) is 3.14. The number of carbonyl (C=O) groups excluding carboxylic acids is 2. The Kier molecular flexibility index (Phi) is 7.22. The summed E-state index contributed by atoms with van der Waals surface area (Å²) in [5.74, 6) is -0.592. The number of aliphatic hydroxyl groups excluding tert-OH is 1. The third-order valence-corrected chi connectivity index (χ3v) is 6.26. The highest BCUT2D eigenvalue weighted by Crippen LogP contribution is 2.44. The van der Waals surface area contributed by atoms with Gasteiger partial charge in [0.2, 0.25) is 0 Å². The summed E-state index contributed by atoms with van der Waals surface area (Å²) in [7, 11) is 2.98. The number of aliphatic hydroxyl groups is 1. The predicted molar refractivity (Wildman–Crippen MR) is 138 cm³/mol. The summed E-state index contributed by atoms with van der Waals surface area (Å²) >= 11 is 6.15. The molecule has 4 rings (SSSR count). The Morgan fingerprint density at radius 1 is 0.972 bits per heavy atom. The first-order valence-electron chi connectivity index (χ1n) is 11.3. The minimum absolute atomic E-state index is 0.0569. The molecule has 1 aliphatic rings. The molecule has 7 nitrogen and oxygen atoms in total. The van der Waals surface area contributed by atoms with E-state index in [2.05, 4.69) is 0 Å². The minimum atomic E-state index is -0.918. The van der Waals surface area contributed by atoms with Gasteiger partial charge in [-0.2, -0.15) is 0 Å². The fourth-order valence-corrected chi connectivity index (χ4v) is 4.48. The van der Waals surface area contributed by atoms with Crippen molar-refractivity contribution in [3.05, 3.63) is 87.9 Å². The molecule has 3 aromatic rings. The van der Waals surface area contributed by atoms with Crippen LogP contribution in [0.4, 0.5) is 5.69 Å². The lowest BCUT2D eigenvalue weighted by atomic mass is 9.94. The lowest BCUT2D eigenvalue weighted by Crippen LogP contribution is -2.29. The number of Topliss-reactive ketones (excluding diaryl/α,β-unsaturated/α-hetero) is 1. The van der Waals surface area contributed by atoms with Crippen LogP contribution in [0.3, 0.4) is 0 Å². The number of methoxy groups -OCH3 is 2. The number of benzene rings is 3. The molecule has 0 bridgehead atoms. The average molecular weight is 508 g/mol. The van der Waals surface area contributed by atoms with E-state index in [-0.39, 0.29) is 11.3 Å². The molecule has 1 unspecified atom stereocenters. The molecule has 36 heavy (non-hydrogen) atoms. The van der Waals surface area contributed by atoms with Crippen LogP contribution in [-0.4, -0.2) is 37.6 Å². The molecule has 0 radical (unpaired) electrons. The molecule has 186 valence electrons. The van der Waals surface area contributed by atoms with Crippen molar-refractivity contribution in [1.29, 1.82) is 0 Å². The van der Waals surface area contributed by atoms with Crippen LogP contribution in [0.15, 0.2) is 66.2 Å². The largest absolute Gasteiger partial charge is 0.507 e. The highest BCUT2D eigenvalue weighted by molar-refractivity contribution is 6.51. The number of nitrogens with zero attached hydrogens (tertiary/aromatic N) is 1. The van der Waals surface area contributed by atoms with Gasteiger partial charge in [0.05, 0.1) is 37.5 Å². The van der Waals surface area contributed by atoms with Crippen molar-refractivity contribution in [1.82, 2.24) is 0 Å². The first-order valence-corrected chi connectivity index (χ1v) is 11.7. The monoisotopic (exact) mass is 507 g/mol. The molecule has 0 saturated carbocycles. The van der Waals surface area contributed by atoms with Crippen LogP contribution in [0.5, 0.6) is 17.2 Å². The second kappa shape index (κ2) is 10.3. The van der Waals surface area contributed by atoms with Crippen molar-refractivity contribution < 1.29 is 28.9 Å². The maximum Gasteiger partial charge on any atom is 0.300 e. The van der Waals surface area contributed by atoms with Crippen LogP contribution in [0.25, 0.3) is 5.76 Å². The van der Waals surface area contributed by atoms with Gasteiger partial charge in [0, 0.05) is 11.3 Å². The molecular formula is C28H26ClNO6. The van der Waals surface area contributed by atoms with Crippen molar-refractivity contribution in [2.24, 2.45) is 0 Å². The summed E-state index contributed by atoms with van der Waals surface area (Å²) in [5, 5.41) is 11.7. The molecule has 1 N–H and O–H groups in total. The summed E-state index contributed by atoms with van der Waals surface area (Å²) < 4.78 is 16.4. The standard InChI is InChI=1S/C28H26ClNO6/c1-5-36-23-14-17(10-12-21(23)34-3)25-24(26(31)18-9-11-20(29)22(15-18)35-4)27(32)28(33)30(25)19-8-6-7-16(2)13-19/h6-15,25,31H,5H2,1-4H3/b26-24-. The van der Waals surface area contributed by atoms with Gasteiger partial charge in [-0.25, -0.2) is 0 Å². The van der Waals surface area contributed by atoms with E-state index in [4.69, 9.17) is 25.8 Å². The van der Waals surface area contributed by atoms with Crippen molar-refractivity contribution in [3.63, 3.8) is 0 Å². The number of rotatable bonds is 7. The van der Waals surface area contributed by atoms with E-state index in [9.17, 15) is 14.7 Å². The Balaban J connectivity index is 1.98. The molecule has 1 fully saturated rings. The summed E-state index contributed by atoms with van der Waals surface area (Å²) in [6.07, 6.45) is 0. The summed E-state index contributed by atoms with van der Waals surface area (Å²) in [5.41, 5.74) is 2.26. The predicted octanol–water partition coefficient (Wildman–Crippen LogP) is 5.69. The second-order valence-electron chi connectivity index (χ2n) is 8.20. The van der Waals surface area contributed by atoms with E-state index in [1.165, 1.54) is 25.2 Å². The van der Waals surface area contributed by atoms with Crippen LogP contribution in [0.1, 0.15) is 29.7 Å². The van der Waals surface area contributed by atoms with Gasteiger partial charge < -0.3 is 19.3 Å². The van der Waals surface area contributed by atoms with Crippen LogP contribution in [0, 0.1) is 6.92 Å². The molecule has 1 aliphatic heterocycles. The van der Waals surface area contributed by atoms with Crippen LogP contribution < -0.4 is 19.1 Å². The molecule has 0 spiro atoms. The van der Waals surface area contributed by atoms with E-state index in [1.54, 1.807) is 36.4 Å². The number of hydrogen-bond donors (Lipinski definition) is 1. The lowest BCUT2D eigenvalue weighted by molar-refractivity contribution is -0.132. The number of hydrogen-bond acceptors (Lipinski definition) is 6. The maximum atomic E-state index is 13.4. The first kappa shape index (κ1) is 25.1. The molecule has 1 saturated heterocycles. The molecule has 3 aromatic carbocycles. The quantitative estimate of drug-likeness (QED) is 0.251. The molecule has 1 heterocycles. The Labute approximate surface area is 214 Å². The fraction of sp³-hybridized carbons (Fsp3) is 0.214. The van der Waals surface area contributed by atoms with Crippen LogP contribution in [-0.2, 0) is 9.59 Å². The Hall–Kier alpha value is -3.97. The van der Waals surface area contributed by atoms with Gasteiger partial charge in [0.25, 0.3) is 11.7 Å². The topological polar surface area (TPSA) is 85.3 Å². The highest BCUT2D eigenvalue weighted by Gasteiger charge is 2.47. The molecule has 1 atom stereocenters. The smallest absolute Gasteiger partial charge is 0.300 e. The van der Waals surface area contributed by atoms with Crippen LogP contribution in [0.2, 0.25) is 5.02 Å². The van der Waals surface area contributed by atoms with Gasteiger partial charge in [-0.3, -0.25) is 14.5 Å². The minimum Gasteiger partial charge on any atom is -0.507 e. The zero-order valence-electron chi connectivity index (χ0n) is 20.4. The van der Waals surface area contributed by atoms with E-state index in [0.29, 0.717) is 45.7 Å². The number of aryl methyl sites for hydroxylation is 1. The lowest BCUT2D eigenvalue weighted by Gasteiger charge is -2.26. The number of ketones is 1. The third-order valence-electron chi connectivity index (χ3n) is 5.95. The van der Waals surface area contributed by atoms with E-state index in [1.807, 2.05) is 32.0 Å². The zero-order valence-corrected chi connectivity index (χ0v) is 21.1. The van der Waals surface area contributed by atoms with Crippen LogP contribution >= 0.6 is 11.6 Å². The van der Waals surface area contributed by atoms with Crippen molar-refractivity contribution in [3.8, 4) is 17.2 Å². The van der Waals surface area contributed by atoms with E-state index >= 15 is 0 Å². The summed E-state index contributed by atoms with van der Waals surface area (Å²) in [4.78, 5) is 28.2. The molecule has 1 amide bonds. The highest BCUT2D eigenvalue weighted by atomic mass is 35.5. The Morgan fingerprint density at radius 2 is 1.72 bits per heavy atom. The van der Waals surface area contributed by atoms with E-state index < -0.39 is 17.7 Å². The maximum absolute atomic E-state index is 13.4. The molecule has 0 aromatic heterocycles. The van der Waals surface area contributed by atoms with Gasteiger partial charge in [0.15, 0.2) is 11.5 Å². The Bertz CT molecular complexity index is 1370. The summed E-state index contributed by atoms with van der Waals surface area (Å²) in [6, 6.07) is 16.2. The third kappa shape index (κ3) is 4.50. The van der Waals surface area contributed by atoms with Gasteiger partial charge >= 0.3 is 0 Å². The fourth-order valence-electron chi connectivity index (χ4n) is 4.29. The number of amides is 1. The van der Waals surface area contributed by atoms with Gasteiger partial charge in [-0.1, -0.05) is 29.8 Å². The van der Waals surface area contributed by atoms with Crippen molar-refractivity contribution >= 4 is 34.7 Å². The number of halogens is 1. The van der Waals surface area contributed by atoms with Gasteiger partial charge in [0.1, 0.15) is 11.5 Å². The van der Waals surface area contributed by atoms with Gasteiger partial charge in [-0.15, -0.1) is 0 Å². The van der Waals surface area contributed by atoms with E-state index in [0.717, 1.165) is 5.56 Å². The van der Waals surface area contributed by atoms with Crippen molar-refractivity contribution in [2.45, 2.75) is 19.9 Å². The second-order valence-corrected chi connectivity index (χ2v) is 8.61. The Morgan fingerprint density at radius 3 is 2.39 bits per heavy atom. The van der Waals surface area contributed by atoms with Crippen molar-refractivity contribution in [2.75, 3.05) is 25.7 Å². The number of carbonyl (C=O) groups is 2. The zero-order chi connectivity index (χ0) is 26.0.